The van der Waals surface area contributed by atoms with Crippen LogP contribution in [0.3, 0.4) is 0 Å². The highest BCUT2D eigenvalue weighted by Crippen LogP contribution is 2.29. The van der Waals surface area contributed by atoms with Gasteiger partial charge < -0.3 is 5.32 Å². The van der Waals surface area contributed by atoms with E-state index in [0.29, 0.717) is 11.8 Å². The summed E-state index contributed by atoms with van der Waals surface area (Å²) in [5.74, 6) is -0.365. The summed E-state index contributed by atoms with van der Waals surface area (Å²) >= 11 is 1.59. The summed E-state index contributed by atoms with van der Waals surface area (Å²) in [6, 6.07) is 12.9. The molecule has 0 fully saturated rings. The number of hydrogen-bond acceptors (Lipinski definition) is 3. The Labute approximate surface area is 139 Å². The Morgan fingerprint density at radius 3 is 2.33 bits per heavy atom. The number of alkyl halides is 3. The van der Waals surface area contributed by atoms with Gasteiger partial charge in [-0.15, -0.1) is 11.3 Å². The molecule has 2 aromatic heterocycles. The molecule has 7 heteroatoms. The van der Waals surface area contributed by atoms with Crippen LogP contribution in [0.25, 0.3) is 10.4 Å². The molecular formula is C17H11F3N2OS. The van der Waals surface area contributed by atoms with Gasteiger partial charge in [-0.2, -0.15) is 13.2 Å². The number of rotatable bonds is 3. The van der Waals surface area contributed by atoms with Gasteiger partial charge in [0.05, 0.1) is 5.56 Å². The van der Waals surface area contributed by atoms with Crippen LogP contribution in [0.2, 0.25) is 0 Å². The fourth-order valence-electron chi connectivity index (χ4n) is 2.05. The van der Waals surface area contributed by atoms with E-state index in [2.05, 4.69) is 10.3 Å². The first-order valence-corrected chi connectivity index (χ1v) is 7.80. The van der Waals surface area contributed by atoms with Gasteiger partial charge in [0, 0.05) is 16.6 Å². The molecule has 0 aliphatic carbocycles. The van der Waals surface area contributed by atoms with Crippen LogP contribution in [-0.2, 0) is 6.18 Å². The van der Waals surface area contributed by atoms with E-state index in [0.717, 1.165) is 22.6 Å². The third-order valence-corrected chi connectivity index (χ3v) is 4.20. The summed E-state index contributed by atoms with van der Waals surface area (Å²) in [5, 5.41) is 4.44. The molecule has 122 valence electrons. The monoisotopic (exact) mass is 348 g/mol. The molecule has 24 heavy (non-hydrogen) atoms. The van der Waals surface area contributed by atoms with Crippen molar-refractivity contribution in [2.45, 2.75) is 6.18 Å². The highest BCUT2D eigenvalue weighted by atomic mass is 32.1. The van der Waals surface area contributed by atoms with E-state index in [-0.39, 0.29) is 5.82 Å². The number of nitrogens with zero attached hydrogens (tertiary/aromatic N) is 1. The number of halogens is 3. The van der Waals surface area contributed by atoms with Crippen LogP contribution in [0.4, 0.5) is 19.0 Å². The Bertz CT molecular complexity index is 826. The van der Waals surface area contributed by atoms with Crippen molar-refractivity contribution in [2.75, 3.05) is 5.32 Å². The van der Waals surface area contributed by atoms with Crippen molar-refractivity contribution in [3.63, 3.8) is 0 Å². The number of amides is 1. The first-order chi connectivity index (χ1) is 11.4. The molecule has 0 saturated heterocycles. The van der Waals surface area contributed by atoms with Crippen molar-refractivity contribution in [1.82, 2.24) is 4.98 Å². The molecule has 1 aromatic carbocycles. The minimum absolute atomic E-state index is 0.0651. The first-order valence-electron chi connectivity index (χ1n) is 6.92. The normalized spacial score (nSPS) is 11.3. The van der Waals surface area contributed by atoms with Crippen LogP contribution in [0.15, 0.2) is 60.1 Å². The topological polar surface area (TPSA) is 42.0 Å². The lowest BCUT2D eigenvalue weighted by atomic mass is 10.1. The number of pyridine rings is 1. The zero-order valence-electron chi connectivity index (χ0n) is 12.2. The second kappa shape index (κ2) is 6.45. The number of carbonyl (C=O) groups excluding carboxylic acids is 1. The molecule has 0 aliphatic heterocycles. The molecule has 0 spiro atoms. The number of hydrogen-bond donors (Lipinski definition) is 1. The van der Waals surface area contributed by atoms with Gasteiger partial charge in [-0.3, -0.25) is 4.79 Å². The minimum Gasteiger partial charge on any atom is -0.307 e. The number of nitrogens with one attached hydrogen (secondary N) is 1. The van der Waals surface area contributed by atoms with Crippen molar-refractivity contribution >= 4 is 23.1 Å². The quantitative estimate of drug-likeness (QED) is 0.717. The lowest BCUT2D eigenvalue weighted by Crippen LogP contribution is -2.13. The largest absolute Gasteiger partial charge is 0.417 e. The summed E-state index contributed by atoms with van der Waals surface area (Å²) in [4.78, 5) is 16.8. The smallest absolute Gasteiger partial charge is 0.307 e. The number of carbonyl (C=O) groups is 1. The van der Waals surface area contributed by atoms with Gasteiger partial charge in [0.15, 0.2) is 0 Å². The van der Waals surface area contributed by atoms with Crippen molar-refractivity contribution in [2.24, 2.45) is 0 Å². The van der Waals surface area contributed by atoms with Crippen LogP contribution in [0, 0.1) is 0 Å². The Hall–Kier alpha value is -2.67. The van der Waals surface area contributed by atoms with Gasteiger partial charge in [0.1, 0.15) is 5.82 Å². The zero-order valence-corrected chi connectivity index (χ0v) is 13.0. The van der Waals surface area contributed by atoms with E-state index < -0.39 is 17.6 Å². The average molecular weight is 348 g/mol. The minimum atomic E-state index is -4.45. The standard InChI is InChI=1S/C17H11F3N2OS/c18-17(19,20)13-7-8-15(21-10-13)22-16(23)12-5-3-11(4-6-12)14-2-1-9-24-14/h1-10H,(H,21,22,23). The fourth-order valence-corrected chi connectivity index (χ4v) is 2.79. The van der Waals surface area contributed by atoms with Crippen molar-refractivity contribution in [1.29, 1.82) is 0 Å². The molecule has 0 aliphatic rings. The summed E-state index contributed by atoms with van der Waals surface area (Å²) < 4.78 is 37.4. The van der Waals surface area contributed by atoms with Gasteiger partial charge in [-0.05, 0) is 41.3 Å². The molecule has 0 saturated carbocycles. The van der Waals surface area contributed by atoms with E-state index in [1.165, 1.54) is 0 Å². The van der Waals surface area contributed by atoms with Crippen molar-refractivity contribution in [3.8, 4) is 10.4 Å². The highest BCUT2D eigenvalue weighted by molar-refractivity contribution is 7.13. The van der Waals surface area contributed by atoms with Gasteiger partial charge in [-0.25, -0.2) is 4.98 Å². The second-order valence-electron chi connectivity index (χ2n) is 4.94. The van der Waals surface area contributed by atoms with Crippen LogP contribution in [0.5, 0.6) is 0 Å². The Morgan fingerprint density at radius 2 is 1.79 bits per heavy atom. The van der Waals surface area contributed by atoms with Gasteiger partial charge in [0.25, 0.3) is 5.91 Å². The molecule has 2 heterocycles. The molecule has 3 nitrogen and oxygen atoms in total. The van der Waals surface area contributed by atoms with E-state index >= 15 is 0 Å². The highest BCUT2D eigenvalue weighted by Gasteiger charge is 2.30. The lowest BCUT2D eigenvalue weighted by Gasteiger charge is -2.08. The van der Waals surface area contributed by atoms with E-state index in [1.807, 2.05) is 29.6 Å². The SMILES string of the molecule is O=C(Nc1ccc(C(F)(F)F)cn1)c1ccc(-c2cccs2)cc1. The summed E-state index contributed by atoms with van der Waals surface area (Å²) in [7, 11) is 0. The first kappa shape index (κ1) is 16.2. The van der Waals surface area contributed by atoms with E-state index in [1.54, 1.807) is 23.5 Å². The summed E-state index contributed by atoms with van der Waals surface area (Å²) in [5.41, 5.74) is 0.534. The molecule has 3 rings (SSSR count). The van der Waals surface area contributed by atoms with E-state index in [9.17, 15) is 18.0 Å². The maximum atomic E-state index is 12.5. The molecule has 0 atom stereocenters. The Morgan fingerprint density at radius 1 is 1.04 bits per heavy atom. The lowest BCUT2D eigenvalue weighted by molar-refractivity contribution is -0.137. The number of anilines is 1. The van der Waals surface area contributed by atoms with Crippen molar-refractivity contribution in [3.05, 3.63) is 71.2 Å². The van der Waals surface area contributed by atoms with Gasteiger partial charge >= 0.3 is 6.18 Å². The number of benzene rings is 1. The third kappa shape index (κ3) is 3.62. The molecular weight excluding hydrogens is 337 g/mol. The predicted octanol–water partition coefficient (Wildman–Crippen LogP) is 5.08. The van der Waals surface area contributed by atoms with Crippen molar-refractivity contribution < 1.29 is 18.0 Å². The van der Waals surface area contributed by atoms with E-state index in [4.69, 9.17) is 0 Å². The van der Waals surface area contributed by atoms with Crippen LogP contribution in [-0.4, -0.2) is 10.9 Å². The second-order valence-corrected chi connectivity index (χ2v) is 5.89. The van der Waals surface area contributed by atoms with Crippen LogP contribution >= 0.6 is 11.3 Å². The molecule has 1 amide bonds. The predicted molar refractivity (Wildman–Crippen MR) is 86.9 cm³/mol. The molecule has 1 N–H and O–H groups in total. The number of aromatic nitrogens is 1. The fraction of sp³-hybridized carbons (Fsp3) is 0.0588. The summed E-state index contributed by atoms with van der Waals surface area (Å²) in [6.45, 7) is 0. The Balaban J connectivity index is 1.71. The number of thiophene rings is 1. The van der Waals surface area contributed by atoms with Crippen LogP contribution < -0.4 is 5.32 Å². The third-order valence-electron chi connectivity index (χ3n) is 3.29. The molecule has 0 radical (unpaired) electrons. The Kier molecular flexibility index (Phi) is 4.35. The zero-order chi connectivity index (χ0) is 17.2. The molecule has 3 aromatic rings. The van der Waals surface area contributed by atoms with Gasteiger partial charge in [-0.1, -0.05) is 18.2 Å². The molecule has 0 bridgehead atoms. The molecule has 0 unspecified atom stereocenters. The summed E-state index contributed by atoms with van der Waals surface area (Å²) in [6.07, 6.45) is -3.76. The average Bonchev–Trinajstić information content (AvgIpc) is 3.09. The maximum absolute atomic E-state index is 12.5. The van der Waals surface area contributed by atoms with Crippen LogP contribution in [0.1, 0.15) is 15.9 Å². The maximum Gasteiger partial charge on any atom is 0.417 e. The van der Waals surface area contributed by atoms with Gasteiger partial charge in [0.2, 0.25) is 0 Å².